The van der Waals surface area contributed by atoms with Crippen molar-refractivity contribution in [3.63, 3.8) is 0 Å². The molecule has 0 radical (unpaired) electrons. The summed E-state index contributed by atoms with van der Waals surface area (Å²) >= 11 is 0. The number of phenolic OH excluding ortho intramolecular Hbond substituents is 1. The summed E-state index contributed by atoms with van der Waals surface area (Å²) in [6.45, 7) is 19.8. The van der Waals surface area contributed by atoms with Crippen LogP contribution in [0.3, 0.4) is 0 Å². The van der Waals surface area contributed by atoms with Crippen molar-refractivity contribution in [2.24, 2.45) is 45.3 Å². The first-order valence-corrected chi connectivity index (χ1v) is 18.7. The minimum Gasteiger partial charge on any atom is -0.504 e. The zero-order valence-corrected chi connectivity index (χ0v) is 29.9. The van der Waals surface area contributed by atoms with Crippen molar-refractivity contribution in [3.8, 4) is 28.7 Å². The van der Waals surface area contributed by atoms with Crippen LogP contribution in [0.2, 0.25) is 0 Å². The number of phenols is 1. The summed E-state index contributed by atoms with van der Waals surface area (Å²) in [5, 5.41) is 11.3. The number of hydrogen-bond acceptors (Lipinski definition) is 4. The summed E-state index contributed by atoms with van der Waals surface area (Å²) in [5.41, 5.74) is 2.58. The third kappa shape index (κ3) is 3.97. The predicted molar refractivity (Wildman–Crippen MR) is 184 cm³/mol. The van der Waals surface area contributed by atoms with E-state index < -0.39 is 0 Å². The van der Waals surface area contributed by atoms with Gasteiger partial charge in [0.2, 0.25) is 0 Å². The van der Waals surface area contributed by atoms with E-state index in [2.05, 4.69) is 73.6 Å². The summed E-state index contributed by atoms with van der Waals surface area (Å²) in [6.07, 6.45) is 14.1. The molecule has 250 valence electrons. The molecule has 46 heavy (non-hydrogen) atoms. The van der Waals surface area contributed by atoms with Crippen LogP contribution in [-0.4, -0.2) is 16.3 Å². The van der Waals surface area contributed by atoms with Crippen LogP contribution in [0.15, 0.2) is 30.3 Å². The molecule has 0 bridgehead atoms. The van der Waals surface area contributed by atoms with Gasteiger partial charge in [0.25, 0.3) is 0 Å². The largest absolute Gasteiger partial charge is 0.504 e. The lowest BCUT2D eigenvalue weighted by molar-refractivity contribution is -0.210. The van der Waals surface area contributed by atoms with Crippen LogP contribution in [0.4, 0.5) is 0 Å². The highest BCUT2D eigenvalue weighted by Gasteiger charge is 2.67. The second-order valence-electron chi connectivity index (χ2n) is 18.7. The first-order valence-electron chi connectivity index (χ1n) is 18.7. The lowest BCUT2D eigenvalue weighted by atomic mass is 9.44. The van der Waals surface area contributed by atoms with Crippen molar-refractivity contribution in [2.75, 3.05) is 0 Å². The van der Waals surface area contributed by atoms with E-state index in [1.807, 2.05) is 6.07 Å². The minimum absolute atomic E-state index is 0.0272. The van der Waals surface area contributed by atoms with E-state index in [0.717, 1.165) is 48.5 Å². The van der Waals surface area contributed by atoms with Gasteiger partial charge in [-0.3, -0.25) is 0 Å². The van der Waals surface area contributed by atoms with Crippen LogP contribution in [0.1, 0.15) is 131 Å². The predicted octanol–water partition coefficient (Wildman–Crippen LogP) is 11.1. The first kappa shape index (κ1) is 30.9. The summed E-state index contributed by atoms with van der Waals surface area (Å²) in [7, 11) is 0. The Morgan fingerprint density at radius 2 is 1.22 bits per heavy atom. The van der Waals surface area contributed by atoms with Crippen molar-refractivity contribution in [1.29, 1.82) is 0 Å². The Hall–Kier alpha value is -2.36. The minimum atomic E-state index is -0.176. The van der Waals surface area contributed by atoms with E-state index in [9.17, 15) is 5.11 Å². The van der Waals surface area contributed by atoms with Crippen LogP contribution >= 0.6 is 0 Å². The van der Waals surface area contributed by atoms with Gasteiger partial charge in [-0.15, -0.1) is 0 Å². The van der Waals surface area contributed by atoms with Gasteiger partial charge < -0.3 is 19.3 Å². The lowest BCUT2D eigenvalue weighted by Crippen LogP contribution is -2.68. The molecule has 0 aromatic heterocycles. The maximum atomic E-state index is 11.3. The topological polar surface area (TPSA) is 47.9 Å². The molecule has 2 heterocycles. The van der Waals surface area contributed by atoms with E-state index in [0.29, 0.717) is 34.8 Å². The molecule has 2 aromatic carbocycles. The van der Waals surface area contributed by atoms with Crippen LogP contribution in [0.5, 0.6) is 28.7 Å². The third-order valence-corrected chi connectivity index (χ3v) is 15.8. The zero-order valence-electron chi connectivity index (χ0n) is 29.9. The molecule has 0 amide bonds. The van der Waals surface area contributed by atoms with Gasteiger partial charge >= 0.3 is 0 Å². The molecule has 2 aliphatic heterocycles. The molecule has 2 aromatic rings. The fraction of sp³-hybridized carbons (Fsp3) is 0.714. The Bertz CT molecular complexity index is 1560. The number of benzene rings is 2. The van der Waals surface area contributed by atoms with E-state index in [4.69, 9.17) is 14.2 Å². The van der Waals surface area contributed by atoms with Gasteiger partial charge in [-0.25, -0.2) is 0 Å². The molecule has 8 atom stereocenters. The van der Waals surface area contributed by atoms with Crippen molar-refractivity contribution >= 4 is 0 Å². The van der Waals surface area contributed by atoms with Gasteiger partial charge in [0.15, 0.2) is 11.5 Å². The smallest absolute Gasteiger partial charge is 0.175 e. The highest BCUT2D eigenvalue weighted by molar-refractivity contribution is 5.58. The molecule has 8 rings (SSSR count). The fourth-order valence-electron chi connectivity index (χ4n) is 12.7. The molecule has 4 heteroatoms. The molecule has 6 aliphatic rings. The quantitative estimate of drug-likeness (QED) is 0.360. The SMILES string of the molecule is C[C@H]1CC[C@H]2C(C)(C)CCC[C@]23Oc2ccc(Oc4c(O)ccc5c4C[C@]4(C)[C@@H](C)CC[C@H]6C(C)(C)CCC[C@]64O5)cc2C[C@]13C. The summed E-state index contributed by atoms with van der Waals surface area (Å²) in [4.78, 5) is 0. The van der Waals surface area contributed by atoms with Gasteiger partial charge in [0.1, 0.15) is 28.5 Å². The molecular weight excluding hydrogens is 568 g/mol. The van der Waals surface area contributed by atoms with Crippen molar-refractivity contribution < 1.29 is 19.3 Å². The first-order chi connectivity index (χ1) is 21.7. The van der Waals surface area contributed by atoms with Crippen LogP contribution in [0, 0.1) is 45.3 Å². The van der Waals surface area contributed by atoms with Crippen molar-refractivity contribution in [1.82, 2.24) is 0 Å². The highest BCUT2D eigenvalue weighted by atomic mass is 16.5. The second kappa shape index (κ2) is 9.85. The molecule has 2 spiro atoms. The molecule has 1 N–H and O–H groups in total. The standard InChI is InChI=1S/C42H58O4/c1-26-11-17-34-37(3,4)19-9-21-41(34)39(26,7)24-28-23-29(13-15-32(28)45-41)44-36-30-25-40(8)27(2)12-18-35-38(5,6)20-10-22-42(35,40)46-33(30)16-14-31(36)43/h13-16,23,26-27,34-35,43H,9-12,17-22,24-25H2,1-8H3/t26-,27-,34-,35-,39+,40+,41-,42-/m0/s1. The Morgan fingerprint density at radius 3 is 1.83 bits per heavy atom. The van der Waals surface area contributed by atoms with E-state index >= 15 is 0 Å². The average Bonchev–Trinajstić information content (AvgIpc) is 2.98. The Labute approximate surface area is 278 Å². The van der Waals surface area contributed by atoms with Gasteiger partial charge in [-0.05, 0) is 136 Å². The maximum Gasteiger partial charge on any atom is 0.175 e. The number of aromatic hydroxyl groups is 1. The molecule has 4 saturated carbocycles. The molecule has 0 unspecified atom stereocenters. The van der Waals surface area contributed by atoms with E-state index in [-0.39, 0.29) is 33.2 Å². The van der Waals surface area contributed by atoms with Gasteiger partial charge in [-0.2, -0.15) is 0 Å². The van der Waals surface area contributed by atoms with Crippen molar-refractivity contribution in [3.05, 3.63) is 41.5 Å². The van der Waals surface area contributed by atoms with Gasteiger partial charge in [0, 0.05) is 28.2 Å². The number of ether oxygens (including phenoxy) is 3. The summed E-state index contributed by atoms with van der Waals surface area (Å²) in [5.74, 6) is 5.69. The second-order valence-corrected chi connectivity index (χ2v) is 18.7. The Balaban J connectivity index is 1.15. The Kier molecular flexibility index (Phi) is 6.62. The van der Waals surface area contributed by atoms with Gasteiger partial charge in [-0.1, -0.05) is 55.4 Å². The molecule has 0 saturated heterocycles. The van der Waals surface area contributed by atoms with E-state index in [1.54, 1.807) is 6.07 Å². The van der Waals surface area contributed by atoms with E-state index in [1.165, 1.54) is 56.9 Å². The van der Waals surface area contributed by atoms with Crippen LogP contribution in [-0.2, 0) is 12.8 Å². The zero-order chi connectivity index (χ0) is 32.5. The molecule has 4 aliphatic carbocycles. The fourth-order valence-corrected chi connectivity index (χ4v) is 12.7. The monoisotopic (exact) mass is 626 g/mol. The number of hydrogen-bond donors (Lipinski definition) is 1. The summed E-state index contributed by atoms with van der Waals surface area (Å²) < 4.78 is 21.3. The normalized spacial score (nSPS) is 41.6. The number of fused-ring (bicyclic) bond motifs is 2. The molecular formula is C42H58O4. The van der Waals surface area contributed by atoms with Crippen LogP contribution in [0.25, 0.3) is 0 Å². The highest BCUT2D eigenvalue weighted by Crippen LogP contribution is 2.68. The van der Waals surface area contributed by atoms with Crippen molar-refractivity contribution in [2.45, 2.75) is 144 Å². The Morgan fingerprint density at radius 1 is 0.674 bits per heavy atom. The third-order valence-electron chi connectivity index (χ3n) is 15.8. The maximum absolute atomic E-state index is 11.3. The van der Waals surface area contributed by atoms with Gasteiger partial charge in [0.05, 0.1) is 0 Å². The summed E-state index contributed by atoms with van der Waals surface area (Å²) in [6, 6.07) is 10.2. The molecule has 4 fully saturated rings. The molecule has 4 nitrogen and oxygen atoms in total. The van der Waals surface area contributed by atoms with Crippen LogP contribution < -0.4 is 14.2 Å². The lowest BCUT2D eigenvalue weighted by Gasteiger charge is -2.66. The number of rotatable bonds is 2. The average molecular weight is 627 g/mol.